The van der Waals surface area contributed by atoms with Crippen molar-refractivity contribution in [3.63, 3.8) is 0 Å². The average molecular weight is 174 g/mol. The van der Waals surface area contributed by atoms with Crippen LogP contribution in [0.4, 0.5) is 0 Å². The van der Waals surface area contributed by atoms with Crippen LogP contribution in [0.25, 0.3) is 0 Å². The summed E-state index contributed by atoms with van der Waals surface area (Å²) in [6, 6.07) is 2.73. The van der Waals surface area contributed by atoms with Gasteiger partial charge in [0.25, 0.3) is 12.0 Å². The van der Waals surface area contributed by atoms with E-state index < -0.39 is 5.56 Å². The van der Waals surface area contributed by atoms with Crippen molar-refractivity contribution in [3.8, 4) is 5.88 Å². The molecule has 0 aliphatic rings. The molecule has 0 aliphatic heterocycles. The van der Waals surface area contributed by atoms with Crippen LogP contribution in [-0.4, -0.2) is 11.5 Å². The highest BCUT2D eigenvalue weighted by Gasteiger charge is 1.96. The summed E-state index contributed by atoms with van der Waals surface area (Å²) < 4.78 is 4.35. The summed E-state index contributed by atoms with van der Waals surface area (Å²) in [6.45, 7) is 0.221. The highest BCUT2D eigenvalue weighted by molar-refractivity contribution is 6.30. The molecule has 1 heterocycles. The molecule has 4 nitrogen and oxygen atoms in total. The lowest BCUT2D eigenvalue weighted by atomic mass is 10.5. The summed E-state index contributed by atoms with van der Waals surface area (Å²) in [5.41, 5.74) is -0.481. The number of H-pyrrole nitrogens is 1. The molecule has 0 aliphatic carbocycles. The van der Waals surface area contributed by atoms with E-state index in [1.54, 1.807) is 0 Å². The van der Waals surface area contributed by atoms with E-state index in [9.17, 15) is 9.59 Å². The zero-order valence-electron chi connectivity index (χ0n) is 5.33. The van der Waals surface area contributed by atoms with E-state index >= 15 is 0 Å². The highest BCUT2D eigenvalue weighted by Crippen LogP contribution is 2.05. The van der Waals surface area contributed by atoms with E-state index in [1.165, 1.54) is 12.1 Å². The number of carbonyl (C=O) groups excluding carboxylic acids is 1. The number of hydrogen-bond acceptors (Lipinski definition) is 3. The maximum Gasteiger partial charge on any atom is 0.299 e. The third-order valence-corrected chi connectivity index (χ3v) is 1.31. The monoisotopic (exact) mass is 173 g/mol. The smallest absolute Gasteiger partial charge is 0.299 e. The molecule has 5 heteroatoms. The van der Waals surface area contributed by atoms with Crippen molar-refractivity contribution in [2.75, 3.05) is 0 Å². The summed E-state index contributed by atoms with van der Waals surface area (Å²) >= 11 is 5.39. The normalized spacial score (nSPS) is 9.18. The van der Waals surface area contributed by atoms with Crippen LogP contribution in [0.3, 0.4) is 0 Å². The maximum absolute atomic E-state index is 10.7. The topological polar surface area (TPSA) is 59.2 Å². The molecule has 11 heavy (non-hydrogen) atoms. The van der Waals surface area contributed by atoms with Crippen molar-refractivity contribution in [2.24, 2.45) is 0 Å². The molecule has 0 saturated carbocycles. The van der Waals surface area contributed by atoms with E-state index in [-0.39, 0.29) is 17.4 Å². The van der Waals surface area contributed by atoms with Gasteiger partial charge in [0.2, 0.25) is 5.88 Å². The van der Waals surface area contributed by atoms with Gasteiger partial charge in [-0.1, -0.05) is 11.6 Å². The molecular weight excluding hydrogens is 170 g/mol. The minimum Gasteiger partial charge on any atom is -0.412 e. The first kappa shape index (κ1) is 7.81. The Morgan fingerprint density at radius 2 is 2.27 bits per heavy atom. The predicted molar refractivity (Wildman–Crippen MR) is 38.8 cm³/mol. The lowest BCUT2D eigenvalue weighted by molar-refractivity contribution is -0.120. The molecule has 0 unspecified atom stereocenters. The fourth-order valence-electron chi connectivity index (χ4n) is 0.558. The van der Waals surface area contributed by atoms with Gasteiger partial charge in [-0.25, -0.2) is 0 Å². The van der Waals surface area contributed by atoms with Gasteiger partial charge >= 0.3 is 0 Å². The molecule has 0 fully saturated rings. The fourth-order valence-corrected chi connectivity index (χ4v) is 0.669. The number of hydrogen-bond donors (Lipinski definition) is 1. The molecule has 0 amide bonds. The number of aromatic nitrogens is 1. The molecule has 0 saturated heterocycles. The van der Waals surface area contributed by atoms with Crippen molar-refractivity contribution in [3.05, 3.63) is 27.5 Å². The first-order valence-corrected chi connectivity index (χ1v) is 3.11. The number of pyridine rings is 1. The second-order valence-electron chi connectivity index (χ2n) is 1.71. The SMILES string of the molecule is O=COc1ccc(Cl)c(=O)[nH]1. The molecule has 1 aromatic rings. The van der Waals surface area contributed by atoms with Crippen LogP contribution in [0.5, 0.6) is 5.88 Å². The van der Waals surface area contributed by atoms with Gasteiger partial charge in [-0.3, -0.25) is 14.6 Å². The van der Waals surface area contributed by atoms with Crippen molar-refractivity contribution in [1.29, 1.82) is 0 Å². The Morgan fingerprint density at radius 3 is 2.82 bits per heavy atom. The first-order valence-electron chi connectivity index (χ1n) is 2.73. The Labute approximate surface area is 66.8 Å². The van der Waals surface area contributed by atoms with Crippen LogP contribution >= 0.6 is 11.6 Å². The molecule has 0 aromatic carbocycles. The Morgan fingerprint density at radius 1 is 1.55 bits per heavy atom. The summed E-state index contributed by atoms with van der Waals surface area (Å²) in [4.78, 5) is 22.8. The van der Waals surface area contributed by atoms with Crippen molar-refractivity contribution in [1.82, 2.24) is 4.98 Å². The Kier molecular flexibility index (Phi) is 2.28. The molecule has 0 atom stereocenters. The third-order valence-electron chi connectivity index (χ3n) is 1.01. The van der Waals surface area contributed by atoms with Gasteiger partial charge in [0.1, 0.15) is 5.02 Å². The van der Waals surface area contributed by atoms with Crippen LogP contribution < -0.4 is 10.3 Å². The van der Waals surface area contributed by atoms with E-state index in [0.717, 1.165) is 0 Å². The Balaban J connectivity index is 3.05. The molecule has 1 rings (SSSR count). The standard InChI is InChI=1S/C6H4ClNO3/c7-4-1-2-5(11-3-9)8-6(4)10/h1-3H,(H,8,10). The van der Waals surface area contributed by atoms with Gasteiger partial charge in [-0.05, 0) is 6.07 Å². The van der Waals surface area contributed by atoms with E-state index in [1.807, 2.05) is 0 Å². The number of ether oxygens (including phenoxy) is 1. The van der Waals surface area contributed by atoms with Crippen molar-refractivity contribution < 1.29 is 9.53 Å². The van der Waals surface area contributed by atoms with Gasteiger partial charge in [-0.15, -0.1) is 0 Å². The summed E-state index contributed by atoms with van der Waals surface area (Å²) in [5, 5.41) is 0.0586. The zero-order valence-corrected chi connectivity index (χ0v) is 6.09. The van der Waals surface area contributed by atoms with Crippen molar-refractivity contribution in [2.45, 2.75) is 0 Å². The van der Waals surface area contributed by atoms with Gasteiger partial charge in [0.05, 0.1) is 0 Å². The van der Waals surface area contributed by atoms with Crippen LogP contribution in [0.15, 0.2) is 16.9 Å². The molecule has 58 valence electrons. The molecular formula is C6H4ClNO3. The number of aromatic amines is 1. The van der Waals surface area contributed by atoms with E-state index in [0.29, 0.717) is 0 Å². The second-order valence-corrected chi connectivity index (χ2v) is 2.12. The van der Waals surface area contributed by atoms with Crippen LogP contribution in [0, 0.1) is 0 Å². The summed E-state index contributed by atoms with van der Waals surface area (Å²) in [6.07, 6.45) is 0. The molecule has 0 radical (unpaired) electrons. The third kappa shape index (κ3) is 1.81. The number of nitrogens with one attached hydrogen (secondary N) is 1. The molecule has 1 aromatic heterocycles. The quantitative estimate of drug-likeness (QED) is 0.665. The molecule has 0 spiro atoms. The minimum atomic E-state index is -0.481. The Hall–Kier alpha value is -1.29. The minimum absolute atomic E-state index is 0.0586. The second kappa shape index (κ2) is 3.21. The maximum atomic E-state index is 10.7. The van der Waals surface area contributed by atoms with Crippen LogP contribution in [0.2, 0.25) is 5.02 Å². The largest absolute Gasteiger partial charge is 0.412 e. The van der Waals surface area contributed by atoms with E-state index in [2.05, 4.69) is 9.72 Å². The lowest BCUT2D eigenvalue weighted by Gasteiger charge is -1.94. The Bertz CT molecular complexity index is 320. The van der Waals surface area contributed by atoms with Gasteiger partial charge in [0.15, 0.2) is 0 Å². The first-order chi connectivity index (χ1) is 5.24. The summed E-state index contributed by atoms with van der Waals surface area (Å²) in [7, 11) is 0. The van der Waals surface area contributed by atoms with Crippen LogP contribution in [-0.2, 0) is 4.79 Å². The highest BCUT2D eigenvalue weighted by atomic mass is 35.5. The van der Waals surface area contributed by atoms with Gasteiger partial charge in [0, 0.05) is 6.07 Å². The number of carbonyl (C=O) groups is 1. The fraction of sp³-hybridized carbons (Fsp3) is 0. The zero-order chi connectivity index (χ0) is 8.27. The van der Waals surface area contributed by atoms with E-state index in [4.69, 9.17) is 11.6 Å². The lowest BCUT2D eigenvalue weighted by Crippen LogP contribution is -2.07. The van der Waals surface area contributed by atoms with Crippen LogP contribution in [0.1, 0.15) is 0 Å². The predicted octanol–water partition coefficient (Wildman–Crippen LogP) is 0.563. The average Bonchev–Trinajstić information content (AvgIpc) is 1.98. The summed E-state index contributed by atoms with van der Waals surface area (Å²) in [5.74, 6) is 0.0781. The van der Waals surface area contributed by atoms with Crippen molar-refractivity contribution >= 4 is 18.1 Å². The molecule has 0 bridgehead atoms. The number of halogens is 1. The molecule has 1 N–H and O–H groups in total. The number of rotatable bonds is 2. The van der Waals surface area contributed by atoms with Gasteiger partial charge < -0.3 is 4.74 Å². The van der Waals surface area contributed by atoms with Gasteiger partial charge in [-0.2, -0.15) is 0 Å².